The number of hydrogen-bond donors (Lipinski definition) is 1. The van der Waals surface area contributed by atoms with Crippen LogP contribution in [0.5, 0.6) is 0 Å². The van der Waals surface area contributed by atoms with Gasteiger partial charge < -0.3 is 5.32 Å². The Kier molecular flexibility index (Phi) is 4.82. The Hall–Kier alpha value is -1.63. The van der Waals surface area contributed by atoms with Crippen molar-refractivity contribution in [3.63, 3.8) is 0 Å². The molecule has 0 saturated heterocycles. The molecule has 0 aliphatic carbocycles. The first-order valence-corrected chi connectivity index (χ1v) is 7.13. The quantitative estimate of drug-likeness (QED) is 0.598. The van der Waals surface area contributed by atoms with Crippen LogP contribution in [0.3, 0.4) is 0 Å². The number of non-ortho nitro benzene ring substituents is 1. The normalized spacial score (nSPS) is 10.2. The molecule has 0 saturated carbocycles. The minimum absolute atomic E-state index is 0.0728. The van der Waals surface area contributed by atoms with Gasteiger partial charge in [0.25, 0.3) is 11.6 Å². The van der Waals surface area contributed by atoms with E-state index in [2.05, 4.69) is 21.2 Å². The maximum absolute atomic E-state index is 12.1. The van der Waals surface area contributed by atoms with Crippen LogP contribution in [-0.2, 0) is 0 Å². The average molecular weight is 390 g/mol. The van der Waals surface area contributed by atoms with Crippen molar-refractivity contribution in [1.29, 1.82) is 0 Å². The molecule has 0 fully saturated rings. The number of carbonyl (C=O) groups excluding carboxylic acids is 1. The minimum atomic E-state index is -0.567. The zero-order chi connectivity index (χ0) is 15.6. The molecule has 0 aliphatic heterocycles. The van der Waals surface area contributed by atoms with Gasteiger partial charge in [-0.05, 0) is 24.3 Å². The molecule has 8 heteroatoms. The predicted octanol–water partition coefficient (Wildman–Crippen LogP) is 4.92. The highest BCUT2D eigenvalue weighted by Crippen LogP contribution is 2.28. The zero-order valence-corrected chi connectivity index (χ0v) is 13.4. The van der Waals surface area contributed by atoms with E-state index >= 15 is 0 Å². The fourth-order valence-electron chi connectivity index (χ4n) is 1.58. The van der Waals surface area contributed by atoms with Crippen LogP contribution < -0.4 is 5.32 Å². The van der Waals surface area contributed by atoms with Gasteiger partial charge in [0.2, 0.25) is 0 Å². The van der Waals surface area contributed by atoms with Crippen molar-refractivity contribution in [2.45, 2.75) is 0 Å². The zero-order valence-electron chi connectivity index (χ0n) is 10.3. The number of nitrogens with zero attached hydrogens (tertiary/aromatic N) is 1. The fraction of sp³-hybridized carbons (Fsp3) is 0. The van der Waals surface area contributed by atoms with E-state index in [-0.39, 0.29) is 27.0 Å². The Morgan fingerprint density at radius 3 is 2.48 bits per heavy atom. The molecule has 0 spiro atoms. The summed E-state index contributed by atoms with van der Waals surface area (Å²) in [6.07, 6.45) is 0. The summed E-state index contributed by atoms with van der Waals surface area (Å²) in [6, 6.07) is 8.64. The number of hydrogen-bond acceptors (Lipinski definition) is 3. The van der Waals surface area contributed by atoms with Crippen LogP contribution in [0.4, 0.5) is 11.4 Å². The van der Waals surface area contributed by atoms with Gasteiger partial charge in [-0.2, -0.15) is 0 Å². The van der Waals surface area contributed by atoms with Crippen LogP contribution in [0.1, 0.15) is 10.4 Å². The monoisotopic (exact) mass is 388 g/mol. The molecule has 0 radical (unpaired) electrons. The molecule has 0 unspecified atom stereocenters. The first-order valence-electron chi connectivity index (χ1n) is 5.59. The molecule has 1 amide bonds. The topological polar surface area (TPSA) is 72.2 Å². The standard InChI is InChI=1S/C13H7BrCl2N2O3/c14-7-1-3-10(15)9(5-7)13(19)17-12-4-2-8(18(20)21)6-11(12)16/h1-6H,(H,17,19). The van der Waals surface area contributed by atoms with E-state index in [0.717, 1.165) is 0 Å². The maximum Gasteiger partial charge on any atom is 0.271 e. The van der Waals surface area contributed by atoms with Crippen LogP contribution in [-0.4, -0.2) is 10.8 Å². The van der Waals surface area contributed by atoms with Gasteiger partial charge in [-0.25, -0.2) is 0 Å². The number of nitro groups is 1. The third-order valence-electron chi connectivity index (χ3n) is 2.58. The number of anilines is 1. The second-order valence-corrected chi connectivity index (χ2v) is 5.73. The molecule has 2 rings (SSSR count). The molecular weight excluding hydrogens is 383 g/mol. The highest BCUT2D eigenvalue weighted by atomic mass is 79.9. The van der Waals surface area contributed by atoms with Gasteiger partial charge in [-0.1, -0.05) is 39.1 Å². The van der Waals surface area contributed by atoms with Crippen molar-refractivity contribution in [2.24, 2.45) is 0 Å². The molecular formula is C13H7BrCl2N2O3. The van der Waals surface area contributed by atoms with E-state index in [1.54, 1.807) is 18.2 Å². The number of benzene rings is 2. The number of rotatable bonds is 3. The van der Waals surface area contributed by atoms with Crippen molar-refractivity contribution in [2.75, 3.05) is 5.32 Å². The average Bonchev–Trinajstić information content (AvgIpc) is 2.43. The van der Waals surface area contributed by atoms with Crippen LogP contribution in [0.15, 0.2) is 40.9 Å². The Balaban J connectivity index is 2.27. The largest absolute Gasteiger partial charge is 0.321 e. The summed E-state index contributed by atoms with van der Waals surface area (Å²) in [5, 5.41) is 13.5. The summed E-state index contributed by atoms with van der Waals surface area (Å²) in [7, 11) is 0. The number of halogens is 3. The molecule has 0 aliphatic rings. The molecule has 0 bridgehead atoms. The van der Waals surface area contributed by atoms with E-state index in [0.29, 0.717) is 4.47 Å². The number of carbonyl (C=O) groups is 1. The van der Waals surface area contributed by atoms with E-state index in [1.165, 1.54) is 18.2 Å². The van der Waals surface area contributed by atoms with Gasteiger partial charge >= 0.3 is 0 Å². The van der Waals surface area contributed by atoms with Gasteiger partial charge in [0, 0.05) is 16.6 Å². The lowest BCUT2D eigenvalue weighted by Gasteiger charge is -2.08. The summed E-state index contributed by atoms with van der Waals surface area (Å²) in [5.74, 6) is -0.461. The van der Waals surface area contributed by atoms with E-state index in [1.807, 2.05) is 0 Å². The maximum atomic E-state index is 12.1. The third kappa shape index (κ3) is 3.72. The Labute approximate surface area is 138 Å². The van der Waals surface area contributed by atoms with E-state index < -0.39 is 10.8 Å². The van der Waals surface area contributed by atoms with Crippen LogP contribution in [0.2, 0.25) is 10.0 Å². The molecule has 21 heavy (non-hydrogen) atoms. The lowest BCUT2D eigenvalue weighted by molar-refractivity contribution is -0.384. The van der Waals surface area contributed by atoms with Gasteiger partial charge in [0.05, 0.1) is 26.2 Å². The lowest BCUT2D eigenvalue weighted by atomic mass is 10.2. The lowest BCUT2D eigenvalue weighted by Crippen LogP contribution is -2.13. The van der Waals surface area contributed by atoms with Gasteiger partial charge in [0.15, 0.2) is 0 Å². The first kappa shape index (κ1) is 15.8. The molecule has 0 heterocycles. The molecule has 108 valence electrons. The second kappa shape index (κ2) is 6.43. The summed E-state index contributed by atoms with van der Waals surface area (Å²) in [5.41, 5.74) is 0.377. The Morgan fingerprint density at radius 1 is 1.14 bits per heavy atom. The van der Waals surface area contributed by atoms with Crippen molar-refractivity contribution in [3.05, 3.63) is 66.6 Å². The van der Waals surface area contributed by atoms with Gasteiger partial charge in [0.1, 0.15) is 0 Å². The smallest absolute Gasteiger partial charge is 0.271 e. The van der Waals surface area contributed by atoms with Crippen LogP contribution in [0, 0.1) is 10.1 Å². The molecule has 0 atom stereocenters. The highest BCUT2D eigenvalue weighted by molar-refractivity contribution is 9.10. The van der Waals surface area contributed by atoms with Crippen LogP contribution in [0.25, 0.3) is 0 Å². The first-order chi connectivity index (χ1) is 9.88. The summed E-state index contributed by atoms with van der Waals surface area (Å²) >= 11 is 15.1. The van der Waals surface area contributed by atoms with Crippen LogP contribution >= 0.6 is 39.1 Å². The second-order valence-electron chi connectivity index (χ2n) is 4.00. The van der Waals surface area contributed by atoms with Gasteiger partial charge in [-0.3, -0.25) is 14.9 Å². The summed E-state index contributed by atoms with van der Waals surface area (Å²) in [4.78, 5) is 22.2. The van der Waals surface area contributed by atoms with Crippen molar-refractivity contribution < 1.29 is 9.72 Å². The number of nitro benzene ring substituents is 1. The number of nitrogens with one attached hydrogen (secondary N) is 1. The fourth-order valence-corrected chi connectivity index (χ4v) is 2.37. The number of amides is 1. The molecule has 5 nitrogen and oxygen atoms in total. The summed E-state index contributed by atoms with van der Waals surface area (Å²) < 4.78 is 0.701. The van der Waals surface area contributed by atoms with Gasteiger partial charge in [-0.15, -0.1) is 0 Å². The highest BCUT2D eigenvalue weighted by Gasteiger charge is 2.15. The molecule has 0 aromatic heterocycles. The van der Waals surface area contributed by atoms with E-state index in [4.69, 9.17) is 23.2 Å². The Morgan fingerprint density at radius 2 is 1.86 bits per heavy atom. The van der Waals surface area contributed by atoms with Crippen molar-refractivity contribution in [1.82, 2.24) is 0 Å². The third-order valence-corrected chi connectivity index (χ3v) is 3.72. The van der Waals surface area contributed by atoms with Crippen molar-refractivity contribution >= 4 is 56.4 Å². The summed E-state index contributed by atoms with van der Waals surface area (Å²) in [6.45, 7) is 0. The molecule has 2 aromatic carbocycles. The minimum Gasteiger partial charge on any atom is -0.321 e. The molecule has 2 aromatic rings. The predicted molar refractivity (Wildman–Crippen MR) is 85.2 cm³/mol. The SMILES string of the molecule is O=C(Nc1ccc([N+](=O)[O-])cc1Cl)c1cc(Br)ccc1Cl. The van der Waals surface area contributed by atoms with E-state index in [9.17, 15) is 14.9 Å². The van der Waals surface area contributed by atoms with Crippen molar-refractivity contribution in [3.8, 4) is 0 Å². The molecule has 1 N–H and O–H groups in total. The Bertz CT molecular complexity index is 737.